The lowest BCUT2D eigenvalue weighted by Crippen LogP contribution is -3.08. The molecule has 7 heteroatoms. The fraction of sp³-hybridized carbons (Fsp3) is 0.286. The van der Waals surface area contributed by atoms with Gasteiger partial charge in [-0.25, -0.2) is 4.85 Å². The summed E-state index contributed by atoms with van der Waals surface area (Å²) in [7, 11) is 1.79. The van der Waals surface area contributed by atoms with Crippen molar-refractivity contribution < 1.29 is 31.6 Å². The van der Waals surface area contributed by atoms with Gasteiger partial charge in [0, 0.05) is 43.3 Å². The molecule has 0 unspecified atom stereocenters. The van der Waals surface area contributed by atoms with E-state index in [0.29, 0.717) is 24.0 Å². The fourth-order valence-electron chi connectivity index (χ4n) is 4.24. The predicted octanol–water partition coefficient (Wildman–Crippen LogP) is 1.71. The molecule has 0 radical (unpaired) electrons. The topological polar surface area (TPSA) is 56.4 Å². The summed E-state index contributed by atoms with van der Waals surface area (Å²) < 4.78 is 11.4. The number of piperidine rings is 1. The lowest BCUT2D eigenvalue weighted by Gasteiger charge is -2.28. The number of hydrogen-bond donors (Lipinski definition) is 2. The molecule has 0 bridgehead atoms. The van der Waals surface area contributed by atoms with Gasteiger partial charge in [-0.1, -0.05) is 24.3 Å². The first kappa shape index (κ1) is 26.2. The van der Waals surface area contributed by atoms with Crippen LogP contribution >= 0.6 is 0 Å². The van der Waals surface area contributed by atoms with Gasteiger partial charge in [-0.3, -0.25) is 4.79 Å². The van der Waals surface area contributed by atoms with E-state index < -0.39 is 0 Å². The van der Waals surface area contributed by atoms with E-state index in [1.807, 2.05) is 43.3 Å². The molecule has 3 aromatic rings. The Hall–Kier alpha value is -3.37. The van der Waals surface area contributed by atoms with Gasteiger partial charge in [0.2, 0.25) is 0 Å². The fourth-order valence-corrected chi connectivity index (χ4v) is 4.24. The average Bonchev–Trinajstić information content (AvgIpc) is 2.88. The van der Waals surface area contributed by atoms with E-state index in [0.717, 1.165) is 48.5 Å². The molecule has 1 heterocycles. The first-order chi connectivity index (χ1) is 16.6. The zero-order valence-electron chi connectivity index (χ0n) is 20.0. The zero-order chi connectivity index (χ0) is 23.9. The maximum atomic E-state index is 12.8. The SMILES string of the molecule is [C-]#[N+]c1ccc(COc2ccc(C(=O)Nc3ccc([NH+]4CCC(OC)CC4)cc3)cc2C)cc1.[Cl-]. The molecule has 1 amide bonds. The summed E-state index contributed by atoms with van der Waals surface area (Å²) >= 11 is 0. The molecular weight excluding hydrogens is 462 g/mol. The summed E-state index contributed by atoms with van der Waals surface area (Å²) in [4.78, 5) is 17.6. The molecule has 0 saturated carbocycles. The third-order valence-electron chi connectivity index (χ3n) is 6.32. The highest BCUT2D eigenvalue weighted by Crippen LogP contribution is 2.22. The normalized spacial score (nSPS) is 17.1. The van der Waals surface area contributed by atoms with Gasteiger partial charge in [-0.05, 0) is 48.4 Å². The van der Waals surface area contributed by atoms with Crippen molar-refractivity contribution in [1.82, 2.24) is 0 Å². The Balaban J connectivity index is 0.00000342. The van der Waals surface area contributed by atoms with E-state index in [1.54, 1.807) is 25.3 Å². The molecular formula is C28H30ClN3O3. The number of hydrogen-bond acceptors (Lipinski definition) is 3. The lowest BCUT2D eigenvalue weighted by atomic mass is 10.1. The Labute approximate surface area is 213 Å². The van der Waals surface area contributed by atoms with Gasteiger partial charge in [0.25, 0.3) is 5.91 Å². The minimum Gasteiger partial charge on any atom is -1.00 e. The second-order valence-electron chi connectivity index (χ2n) is 8.62. The van der Waals surface area contributed by atoms with Crippen LogP contribution < -0.4 is 27.4 Å². The van der Waals surface area contributed by atoms with Crippen molar-refractivity contribution in [2.24, 2.45) is 0 Å². The largest absolute Gasteiger partial charge is 1.00 e. The highest BCUT2D eigenvalue weighted by molar-refractivity contribution is 6.04. The molecule has 1 aliphatic rings. The first-order valence-corrected chi connectivity index (χ1v) is 11.5. The van der Waals surface area contributed by atoms with Gasteiger partial charge in [0.05, 0.1) is 25.8 Å². The van der Waals surface area contributed by atoms with Crippen molar-refractivity contribution in [3.63, 3.8) is 0 Å². The number of aryl methyl sites for hydroxylation is 1. The van der Waals surface area contributed by atoms with Gasteiger partial charge in [0.1, 0.15) is 18.0 Å². The summed E-state index contributed by atoms with van der Waals surface area (Å²) in [5.74, 6) is 0.584. The summed E-state index contributed by atoms with van der Waals surface area (Å²) in [5.41, 5.74) is 5.10. The average molecular weight is 492 g/mol. The first-order valence-electron chi connectivity index (χ1n) is 11.5. The van der Waals surface area contributed by atoms with Crippen LogP contribution in [-0.4, -0.2) is 32.2 Å². The Morgan fingerprint density at radius 2 is 1.74 bits per heavy atom. The number of benzene rings is 3. The van der Waals surface area contributed by atoms with Crippen molar-refractivity contribution in [1.29, 1.82) is 0 Å². The van der Waals surface area contributed by atoms with Gasteiger partial charge < -0.3 is 32.1 Å². The molecule has 1 saturated heterocycles. The van der Waals surface area contributed by atoms with Crippen LogP contribution in [0, 0.1) is 13.5 Å². The Morgan fingerprint density at radius 1 is 1.06 bits per heavy atom. The summed E-state index contributed by atoms with van der Waals surface area (Å²) in [6.45, 7) is 11.5. The predicted molar refractivity (Wildman–Crippen MR) is 133 cm³/mol. The molecule has 6 nitrogen and oxygen atoms in total. The van der Waals surface area contributed by atoms with Crippen LogP contribution in [0.4, 0.5) is 17.1 Å². The van der Waals surface area contributed by atoms with Crippen LogP contribution in [0.5, 0.6) is 5.75 Å². The van der Waals surface area contributed by atoms with E-state index in [-0.39, 0.29) is 18.3 Å². The van der Waals surface area contributed by atoms with Crippen molar-refractivity contribution >= 4 is 23.0 Å². The van der Waals surface area contributed by atoms with Gasteiger partial charge >= 0.3 is 0 Å². The number of carbonyl (C=O) groups is 1. The molecule has 0 aliphatic carbocycles. The molecule has 1 fully saturated rings. The van der Waals surface area contributed by atoms with E-state index in [1.165, 1.54) is 10.6 Å². The summed E-state index contributed by atoms with van der Waals surface area (Å²) in [6.07, 6.45) is 2.51. The molecule has 3 aromatic carbocycles. The monoisotopic (exact) mass is 491 g/mol. The number of nitrogens with one attached hydrogen (secondary N) is 2. The number of rotatable bonds is 7. The second kappa shape index (κ2) is 12.4. The standard InChI is InChI=1S/C28H29N3O3.ClH/c1-20-18-22(6-13-27(20)34-19-21-4-7-23(29-2)8-5-21)28(32)30-24-9-11-25(12-10-24)31-16-14-26(33-3)15-17-31;/h4-13,18,26H,14-17,19H2,1,3H3,(H,30,32);1H. The number of amides is 1. The molecule has 0 spiro atoms. The lowest BCUT2D eigenvalue weighted by molar-refractivity contribution is -0.839. The minimum atomic E-state index is -0.148. The molecule has 4 rings (SSSR count). The van der Waals surface area contributed by atoms with Crippen molar-refractivity contribution in [3.8, 4) is 5.75 Å². The van der Waals surface area contributed by atoms with E-state index >= 15 is 0 Å². The zero-order valence-corrected chi connectivity index (χ0v) is 20.8. The van der Waals surface area contributed by atoms with Crippen LogP contribution in [0.1, 0.15) is 34.3 Å². The molecule has 35 heavy (non-hydrogen) atoms. The number of ether oxygens (including phenoxy) is 2. The third-order valence-corrected chi connectivity index (χ3v) is 6.32. The maximum absolute atomic E-state index is 12.8. The Morgan fingerprint density at radius 3 is 2.34 bits per heavy atom. The molecule has 1 aliphatic heterocycles. The van der Waals surface area contributed by atoms with Gasteiger partial charge in [-0.15, -0.1) is 0 Å². The number of carbonyl (C=O) groups excluding carboxylic acids is 1. The number of methoxy groups -OCH3 is 1. The Kier molecular flexibility index (Phi) is 9.27. The van der Waals surface area contributed by atoms with E-state index in [2.05, 4.69) is 22.3 Å². The van der Waals surface area contributed by atoms with E-state index in [4.69, 9.17) is 16.0 Å². The van der Waals surface area contributed by atoms with Gasteiger partial charge in [0.15, 0.2) is 5.69 Å². The second-order valence-corrected chi connectivity index (χ2v) is 8.62. The number of halogens is 1. The van der Waals surface area contributed by atoms with Crippen LogP contribution in [0.25, 0.3) is 4.85 Å². The van der Waals surface area contributed by atoms with Crippen LogP contribution in [0.2, 0.25) is 0 Å². The number of quaternary nitrogens is 1. The van der Waals surface area contributed by atoms with E-state index in [9.17, 15) is 4.79 Å². The third kappa shape index (κ3) is 6.83. The van der Waals surface area contributed by atoms with Crippen molar-refractivity contribution in [3.05, 3.63) is 94.8 Å². The summed E-state index contributed by atoms with van der Waals surface area (Å²) in [6, 6.07) is 20.9. The van der Waals surface area contributed by atoms with Crippen LogP contribution in [0.3, 0.4) is 0 Å². The van der Waals surface area contributed by atoms with Gasteiger partial charge in [-0.2, -0.15) is 0 Å². The van der Waals surface area contributed by atoms with Crippen molar-refractivity contribution in [2.45, 2.75) is 32.5 Å². The molecule has 182 valence electrons. The number of anilines is 1. The molecule has 0 aromatic heterocycles. The minimum absolute atomic E-state index is 0. The molecule has 0 atom stereocenters. The highest BCUT2D eigenvalue weighted by atomic mass is 35.5. The number of nitrogens with zero attached hydrogens (tertiary/aromatic N) is 1. The Bertz CT molecular complexity index is 1170. The van der Waals surface area contributed by atoms with Crippen LogP contribution in [-0.2, 0) is 11.3 Å². The van der Waals surface area contributed by atoms with Crippen LogP contribution in [0.15, 0.2) is 66.7 Å². The molecule has 2 N–H and O–H groups in total. The smallest absolute Gasteiger partial charge is 0.255 e. The maximum Gasteiger partial charge on any atom is 0.255 e. The highest BCUT2D eigenvalue weighted by Gasteiger charge is 2.23. The van der Waals surface area contributed by atoms with Crippen molar-refractivity contribution in [2.75, 3.05) is 25.5 Å². The quantitative estimate of drug-likeness (QED) is 0.495. The summed E-state index contributed by atoms with van der Waals surface area (Å²) in [5, 5.41) is 2.99.